The molecule has 0 spiro atoms. The van der Waals surface area contributed by atoms with Crippen molar-refractivity contribution in [2.24, 2.45) is 0 Å². The van der Waals surface area contributed by atoms with E-state index in [0.717, 1.165) is 76.3 Å². The smallest absolute Gasteiger partial charge is 0.358 e. The predicted molar refractivity (Wildman–Crippen MR) is 204 cm³/mol. The van der Waals surface area contributed by atoms with Crippen LogP contribution in [0.5, 0.6) is 0 Å². The van der Waals surface area contributed by atoms with Gasteiger partial charge >= 0.3 is 5.97 Å². The number of piperazine rings is 1. The molecule has 0 bridgehead atoms. The molecule has 0 amide bonds. The summed E-state index contributed by atoms with van der Waals surface area (Å²) in [5.41, 5.74) is 7.52. The first kappa shape index (κ1) is 33.2. The van der Waals surface area contributed by atoms with Gasteiger partial charge in [-0.25, -0.2) is 14.5 Å². The highest BCUT2D eigenvalue weighted by Crippen LogP contribution is 2.34. The lowest BCUT2D eigenvalue weighted by Gasteiger charge is -2.36. The minimum atomic E-state index is -0.478. The summed E-state index contributed by atoms with van der Waals surface area (Å²) in [5.74, 6) is 0.530. The van der Waals surface area contributed by atoms with E-state index in [1.165, 1.54) is 0 Å². The summed E-state index contributed by atoms with van der Waals surface area (Å²) >= 11 is 14.1. The molecule has 7 aromatic rings. The quantitative estimate of drug-likeness (QED) is 0.138. The molecular weight excluding hydrogens is 701 g/mol. The van der Waals surface area contributed by atoms with E-state index in [1.807, 2.05) is 65.4 Å². The largest absolute Gasteiger partial charge is 0.460 e. The van der Waals surface area contributed by atoms with Crippen LogP contribution in [-0.2, 0) is 4.74 Å². The minimum absolute atomic E-state index is 0.222. The summed E-state index contributed by atoms with van der Waals surface area (Å²) in [7, 11) is 0. The Kier molecular flexibility index (Phi) is 9.31. The Bertz CT molecular complexity index is 2300. The second-order valence-corrected chi connectivity index (χ2v) is 14.1. The van der Waals surface area contributed by atoms with Crippen LogP contribution in [0, 0.1) is 6.92 Å². The maximum atomic E-state index is 13.2. The van der Waals surface area contributed by atoms with E-state index in [0.29, 0.717) is 22.3 Å². The van der Waals surface area contributed by atoms with E-state index >= 15 is 0 Å². The van der Waals surface area contributed by atoms with Crippen molar-refractivity contribution in [3.8, 4) is 38.6 Å². The fourth-order valence-electron chi connectivity index (χ4n) is 6.51. The van der Waals surface area contributed by atoms with E-state index < -0.39 is 5.97 Å². The van der Waals surface area contributed by atoms with Crippen LogP contribution in [0.15, 0.2) is 109 Å². The summed E-state index contributed by atoms with van der Waals surface area (Å²) < 4.78 is 9.42. The summed E-state index contributed by atoms with van der Waals surface area (Å²) in [5, 5.41) is 12.5. The summed E-state index contributed by atoms with van der Waals surface area (Å²) in [4.78, 5) is 24.0. The number of hydrogen-bond donors (Lipinski definition) is 0. The zero-order chi connectivity index (χ0) is 34.9. The number of halogens is 2. The number of aryl methyl sites for hydroxylation is 1. The molecule has 0 N–H and O–H groups in total. The van der Waals surface area contributed by atoms with Crippen molar-refractivity contribution < 1.29 is 9.53 Å². The zero-order valence-electron chi connectivity index (χ0n) is 27.7. The molecule has 0 aliphatic carbocycles. The van der Waals surface area contributed by atoms with Crippen molar-refractivity contribution in [1.29, 1.82) is 0 Å². The van der Waals surface area contributed by atoms with Crippen molar-refractivity contribution in [3.05, 3.63) is 130 Å². The van der Waals surface area contributed by atoms with Crippen LogP contribution in [0.1, 0.15) is 16.2 Å². The average Bonchev–Trinajstić information content (AvgIpc) is 3.91. The van der Waals surface area contributed by atoms with Crippen LogP contribution in [0.2, 0.25) is 10.0 Å². The molecule has 256 valence electrons. The van der Waals surface area contributed by atoms with Crippen molar-refractivity contribution in [1.82, 2.24) is 29.3 Å². The number of benzene rings is 3. The summed E-state index contributed by atoms with van der Waals surface area (Å²) in [6, 6.07) is 33.6. The number of carbonyl (C=O) groups is 1. The molecule has 1 aliphatic heterocycles. The van der Waals surface area contributed by atoms with Gasteiger partial charge in [0.2, 0.25) is 0 Å². The van der Waals surface area contributed by atoms with Gasteiger partial charge in [0.1, 0.15) is 12.4 Å². The SMILES string of the molecule is Cc1nn2c(N3CCN(CCOC(=O)c4cc(-c5cccs5)n(-c5cc(Cl)cc(Cl)c5)n4)CC3)cc(-c3ccccc3)nc2c1-c1ccccc1. The molecule has 1 saturated heterocycles. The maximum absolute atomic E-state index is 13.2. The lowest BCUT2D eigenvalue weighted by molar-refractivity contribution is 0.0451. The molecule has 51 heavy (non-hydrogen) atoms. The van der Waals surface area contributed by atoms with Gasteiger partial charge in [-0.05, 0) is 42.1 Å². The monoisotopic (exact) mass is 733 g/mol. The molecule has 12 heteroatoms. The fourth-order valence-corrected chi connectivity index (χ4v) is 7.76. The van der Waals surface area contributed by atoms with Crippen molar-refractivity contribution in [2.45, 2.75) is 6.92 Å². The Morgan fingerprint density at radius 1 is 0.824 bits per heavy atom. The van der Waals surface area contributed by atoms with Gasteiger partial charge < -0.3 is 9.64 Å². The molecule has 1 fully saturated rings. The maximum Gasteiger partial charge on any atom is 0.358 e. The number of esters is 1. The van der Waals surface area contributed by atoms with Crippen LogP contribution in [0.3, 0.4) is 0 Å². The third-order valence-corrected chi connectivity index (χ3v) is 10.3. The van der Waals surface area contributed by atoms with E-state index in [4.69, 9.17) is 38.0 Å². The van der Waals surface area contributed by atoms with Crippen LogP contribution >= 0.6 is 34.5 Å². The third-order valence-electron chi connectivity index (χ3n) is 9.00. The topological polar surface area (TPSA) is 80.8 Å². The summed E-state index contributed by atoms with van der Waals surface area (Å²) in [6.07, 6.45) is 0. The highest BCUT2D eigenvalue weighted by Gasteiger charge is 2.25. The van der Waals surface area contributed by atoms with Gasteiger partial charge in [0, 0.05) is 66.0 Å². The average molecular weight is 735 g/mol. The number of fused-ring (bicyclic) bond motifs is 1. The number of hydrogen-bond acceptors (Lipinski definition) is 8. The second-order valence-electron chi connectivity index (χ2n) is 12.3. The number of ether oxygens (including phenoxy) is 1. The van der Waals surface area contributed by atoms with Gasteiger partial charge in [0.05, 0.1) is 27.6 Å². The summed E-state index contributed by atoms with van der Waals surface area (Å²) in [6.45, 7) is 6.10. The normalized spacial score (nSPS) is 13.6. The number of carbonyl (C=O) groups excluding carboxylic acids is 1. The molecule has 8 rings (SSSR count). The first-order valence-electron chi connectivity index (χ1n) is 16.7. The molecule has 9 nitrogen and oxygen atoms in total. The van der Waals surface area contributed by atoms with E-state index in [2.05, 4.69) is 45.2 Å². The van der Waals surface area contributed by atoms with Crippen molar-refractivity contribution in [3.63, 3.8) is 0 Å². The number of thiophene rings is 1. The van der Waals surface area contributed by atoms with Crippen molar-refractivity contribution in [2.75, 3.05) is 44.2 Å². The molecule has 5 heterocycles. The Morgan fingerprint density at radius 2 is 1.53 bits per heavy atom. The molecular formula is C39H33Cl2N7O2S. The Morgan fingerprint density at radius 3 is 2.22 bits per heavy atom. The molecule has 0 saturated carbocycles. The standard InChI is InChI=1S/C39H33Cl2N7O2S/c1-26-37(28-11-6-3-7-12-28)38-42-32(27-9-4-2-5-10-27)25-36(48(38)43-26)46-16-14-45(15-17-46)18-19-50-39(49)33-24-34(35-13-8-20-51-35)47(44-33)31-22-29(40)21-30(41)23-31/h2-13,20-25H,14-19H2,1H3. The lowest BCUT2D eigenvalue weighted by atomic mass is 10.1. The predicted octanol–water partition coefficient (Wildman–Crippen LogP) is 8.57. The van der Waals surface area contributed by atoms with Crippen molar-refractivity contribution >= 4 is 52.0 Å². The number of rotatable bonds is 9. The van der Waals surface area contributed by atoms with Gasteiger partial charge in [0.15, 0.2) is 11.3 Å². The molecule has 0 radical (unpaired) electrons. The molecule has 4 aromatic heterocycles. The van der Waals surface area contributed by atoms with Crippen LogP contribution in [-0.4, -0.2) is 74.6 Å². The van der Waals surface area contributed by atoms with Gasteiger partial charge in [0.25, 0.3) is 0 Å². The highest BCUT2D eigenvalue weighted by molar-refractivity contribution is 7.13. The van der Waals surface area contributed by atoms with Crippen LogP contribution in [0.25, 0.3) is 44.3 Å². The Balaban J connectivity index is 0.967. The number of anilines is 1. The van der Waals surface area contributed by atoms with Gasteiger partial charge in [-0.3, -0.25) is 4.90 Å². The second kappa shape index (κ2) is 14.3. The van der Waals surface area contributed by atoms with E-state index in [-0.39, 0.29) is 12.3 Å². The van der Waals surface area contributed by atoms with Crippen LogP contribution in [0.4, 0.5) is 5.82 Å². The first-order valence-corrected chi connectivity index (χ1v) is 18.3. The number of nitrogens with zero attached hydrogens (tertiary/aromatic N) is 7. The first-order chi connectivity index (χ1) is 24.9. The highest BCUT2D eigenvalue weighted by atomic mass is 35.5. The molecule has 3 aromatic carbocycles. The van der Waals surface area contributed by atoms with E-state index in [9.17, 15) is 4.79 Å². The Labute approximate surface area is 309 Å². The lowest BCUT2D eigenvalue weighted by Crippen LogP contribution is -2.48. The van der Waals surface area contributed by atoms with Gasteiger partial charge in [-0.2, -0.15) is 14.7 Å². The third kappa shape index (κ3) is 6.88. The van der Waals surface area contributed by atoms with E-state index in [1.54, 1.807) is 40.3 Å². The molecule has 1 aliphatic rings. The minimum Gasteiger partial charge on any atom is -0.460 e. The molecule has 0 atom stereocenters. The van der Waals surface area contributed by atoms with Gasteiger partial charge in [-0.1, -0.05) is 89.9 Å². The van der Waals surface area contributed by atoms with Crippen LogP contribution < -0.4 is 4.90 Å². The molecule has 0 unspecified atom stereocenters. The zero-order valence-corrected chi connectivity index (χ0v) is 30.1. The Hall–Kier alpha value is -5.00. The van der Waals surface area contributed by atoms with Gasteiger partial charge in [-0.15, -0.1) is 11.3 Å². The number of aromatic nitrogens is 5. The fraction of sp³-hybridized carbons (Fsp3) is 0.179.